The number of esters is 2. The molecule has 7 amide bonds. The number of rotatable bonds is 88. The second-order valence-corrected chi connectivity index (χ2v) is 34.6. The Morgan fingerprint density at radius 2 is 0.632 bits per heavy atom. The Bertz CT molecular complexity index is 2580. The van der Waals surface area contributed by atoms with Gasteiger partial charge in [0.05, 0.1) is 84.7 Å². The lowest BCUT2D eigenvalue weighted by Gasteiger charge is -2.23. The maximum Gasteiger partial charge on any atom is 0.475 e. The Kier molecular flexibility index (Phi) is 79.1. The molecule has 0 saturated carbocycles. The smallest absolute Gasteiger partial charge is 0.462 e. The van der Waals surface area contributed by atoms with Gasteiger partial charge in [-0.2, -0.15) is 0 Å². The summed E-state index contributed by atoms with van der Waals surface area (Å²) in [7, 11) is -8.96. The number of amides is 7. The van der Waals surface area contributed by atoms with Gasteiger partial charge < -0.3 is 45.5 Å². The number of hydrogen-bond donors (Lipinski definition) is 6. The Morgan fingerprint density at radius 1 is 0.316 bits per heavy atom. The Morgan fingerprint density at radius 3 is 0.983 bits per heavy atom. The Labute approximate surface area is 708 Å². The van der Waals surface area contributed by atoms with E-state index in [0.29, 0.717) is 51.4 Å². The van der Waals surface area contributed by atoms with Crippen molar-refractivity contribution in [3.05, 3.63) is 25.3 Å². The van der Waals surface area contributed by atoms with E-state index in [4.69, 9.17) is 46.1 Å². The highest BCUT2D eigenvalue weighted by Gasteiger charge is 2.32. The standard InChI is InChI=1S/C89H168N6O20P2/c1-9-17-23-29-33-37-41-47-53-59-82(96)92-73-84(98)93-78(74-106-69-63-80(57-51-45-27-21-13-5)114-85(99)61-55-49-43-39-35-31-25-19-11-3)76-112-116(104,108-67-15-7)110-71-65-90-89(103)91-66-72-111-117(105,109-68-16-8)113-77-79(94-87(101)88(102)95-83(97)60-54-48-42-38-34-30-24-18-10-2)75-107-70-64-81(58-52-46-28-22-14-6)115-86(100)62-56-50-44-40-36-32-26-20-12-4/h15-16,78-81H,7-14,17-77H2,1-6H3,(H,92,96)(H,93,98)(H,94,101)(H2,90,91,103)(H,95,97,102)/t78-,79-,80-,81-,116?,117?/m1/s1. The number of carbonyl (C=O) groups excluding carboxylic acids is 8. The van der Waals surface area contributed by atoms with Gasteiger partial charge in [0, 0.05) is 51.6 Å². The number of hydrogen-bond acceptors (Lipinski definition) is 20. The molecule has 6 atom stereocenters. The zero-order chi connectivity index (χ0) is 86.0. The molecule has 0 aliphatic rings. The molecule has 0 spiro atoms. The number of phosphoric acid groups is 2. The minimum absolute atomic E-state index is 0.0576. The lowest BCUT2D eigenvalue weighted by molar-refractivity contribution is -0.151. The van der Waals surface area contributed by atoms with Crippen LogP contribution in [0.5, 0.6) is 0 Å². The van der Waals surface area contributed by atoms with Crippen LogP contribution < -0.4 is 31.9 Å². The average molecular weight is 1700 g/mol. The van der Waals surface area contributed by atoms with Gasteiger partial charge in [0.2, 0.25) is 17.7 Å². The molecule has 0 fully saturated rings. The van der Waals surface area contributed by atoms with Gasteiger partial charge in [-0.15, -0.1) is 13.2 Å². The van der Waals surface area contributed by atoms with E-state index in [1.165, 1.54) is 141 Å². The van der Waals surface area contributed by atoms with Crippen molar-refractivity contribution in [3.8, 4) is 0 Å². The van der Waals surface area contributed by atoms with Gasteiger partial charge in [-0.3, -0.25) is 66.0 Å². The van der Waals surface area contributed by atoms with Crippen LogP contribution in [-0.4, -0.2) is 158 Å². The predicted molar refractivity (Wildman–Crippen MR) is 468 cm³/mol. The summed E-state index contributed by atoms with van der Waals surface area (Å²) in [5.74, 6) is -4.25. The van der Waals surface area contributed by atoms with Crippen LogP contribution in [0.2, 0.25) is 0 Å². The summed E-state index contributed by atoms with van der Waals surface area (Å²) < 4.78 is 86.4. The molecule has 0 bridgehead atoms. The first-order chi connectivity index (χ1) is 56.8. The van der Waals surface area contributed by atoms with Crippen molar-refractivity contribution in [2.75, 3.05) is 85.7 Å². The van der Waals surface area contributed by atoms with Crippen LogP contribution >= 0.6 is 15.6 Å². The number of ether oxygens (including phenoxy) is 4. The van der Waals surface area contributed by atoms with E-state index < -0.39 is 89.9 Å². The summed E-state index contributed by atoms with van der Waals surface area (Å²) in [5.41, 5.74) is 0. The average Bonchev–Trinajstić information content (AvgIpc) is 0.892. The highest BCUT2D eigenvalue weighted by atomic mass is 31.2. The number of phosphoric ester groups is 2. The highest BCUT2D eigenvalue weighted by Crippen LogP contribution is 2.50. The summed E-state index contributed by atoms with van der Waals surface area (Å²) in [6.45, 7) is 17.1. The summed E-state index contributed by atoms with van der Waals surface area (Å²) in [6, 6.07) is -2.82. The lowest BCUT2D eigenvalue weighted by Crippen LogP contribution is -2.49. The van der Waals surface area contributed by atoms with E-state index in [2.05, 4.69) is 86.6 Å². The summed E-state index contributed by atoms with van der Waals surface area (Å²) in [5, 5.41) is 15.3. The molecule has 26 nitrogen and oxygen atoms in total. The van der Waals surface area contributed by atoms with Crippen molar-refractivity contribution < 1.29 is 93.6 Å². The number of carbonyl (C=O) groups is 8. The monoisotopic (exact) mass is 1700 g/mol. The van der Waals surface area contributed by atoms with Crippen LogP contribution in [0.15, 0.2) is 25.3 Å². The molecule has 0 heterocycles. The maximum absolute atomic E-state index is 14.2. The van der Waals surface area contributed by atoms with Crippen LogP contribution in [0.25, 0.3) is 0 Å². The van der Waals surface area contributed by atoms with Gasteiger partial charge in [-0.1, -0.05) is 311 Å². The first kappa shape index (κ1) is 112. The minimum Gasteiger partial charge on any atom is -0.462 e. The normalized spacial score (nSPS) is 13.5. The van der Waals surface area contributed by atoms with Crippen molar-refractivity contribution in [3.63, 3.8) is 0 Å². The van der Waals surface area contributed by atoms with E-state index in [-0.39, 0.29) is 96.1 Å². The molecular weight excluding hydrogens is 1530 g/mol. The Hall–Kier alpha value is -4.62. The molecule has 0 aromatic heterocycles. The molecular formula is C89H168N6O20P2. The fraction of sp³-hybridized carbons (Fsp3) is 0.865. The van der Waals surface area contributed by atoms with Crippen molar-refractivity contribution >= 4 is 63.2 Å². The van der Waals surface area contributed by atoms with E-state index in [0.717, 1.165) is 154 Å². The number of nitrogens with one attached hydrogen (secondary N) is 6. The molecule has 6 N–H and O–H groups in total. The van der Waals surface area contributed by atoms with Crippen molar-refractivity contribution in [1.29, 1.82) is 0 Å². The van der Waals surface area contributed by atoms with Gasteiger partial charge in [0.25, 0.3) is 0 Å². The fourth-order valence-corrected chi connectivity index (χ4v) is 15.5. The second-order valence-electron chi connectivity index (χ2n) is 31.3. The zero-order valence-corrected chi connectivity index (χ0v) is 76.1. The third kappa shape index (κ3) is 73.8. The molecule has 2 unspecified atom stereocenters. The van der Waals surface area contributed by atoms with Crippen LogP contribution in [0.1, 0.15) is 388 Å². The SMILES string of the molecule is C=CCOP(=O)(OCCNC(=O)NCCOP(=O)(OCC=C)OC[C@@H](COCC[C@@H](CCCCCCC)OC(=O)CCCCCCCCCCC)NC(=O)C(=O)NC(=O)CCCCCCCCCCC)OC[C@@H](COCC[C@@H](CCCCCCC)OC(=O)CCCCCCCCCCC)NC(=O)CNC(=O)CCCCCCCCCCC. The number of urea groups is 1. The zero-order valence-electron chi connectivity index (χ0n) is 74.3. The molecule has 0 aliphatic carbocycles. The van der Waals surface area contributed by atoms with Crippen LogP contribution in [-0.2, 0) is 88.8 Å². The van der Waals surface area contributed by atoms with E-state index in [1.54, 1.807) is 0 Å². The fourth-order valence-electron chi connectivity index (χ4n) is 13.1. The first-order valence-corrected chi connectivity index (χ1v) is 49.3. The summed E-state index contributed by atoms with van der Waals surface area (Å²) in [4.78, 5) is 105. The predicted octanol–water partition coefficient (Wildman–Crippen LogP) is 20.7. The van der Waals surface area contributed by atoms with Gasteiger partial charge in [0.15, 0.2) is 0 Å². The van der Waals surface area contributed by atoms with Gasteiger partial charge in [0.1, 0.15) is 12.2 Å². The maximum atomic E-state index is 14.2. The minimum atomic E-state index is -4.52. The summed E-state index contributed by atoms with van der Waals surface area (Å²) >= 11 is 0. The van der Waals surface area contributed by atoms with E-state index in [1.807, 2.05) is 0 Å². The van der Waals surface area contributed by atoms with Crippen molar-refractivity contribution in [1.82, 2.24) is 31.9 Å². The molecule has 117 heavy (non-hydrogen) atoms. The molecule has 28 heteroatoms. The third-order valence-electron chi connectivity index (χ3n) is 20.1. The molecule has 0 radical (unpaired) electrons. The molecule has 0 aromatic rings. The quantitative estimate of drug-likeness (QED) is 0.0108. The van der Waals surface area contributed by atoms with Crippen LogP contribution in [0.3, 0.4) is 0 Å². The van der Waals surface area contributed by atoms with Crippen molar-refractivity contribution in [2.45, 2.75) is 413 Å². The molecule has 684 valence electrons. The number of unbranched alkanes of at least 4 members (excludes halogenated alkanes) is 40. The topological polar surface area (TPSA) is 335 Å². The van der Waals surface area contributed by atoms with Crippen molar-refractivity contribution in [2.24, 2.45) is 0 Å². The third-order valence-corrected chi connectivity index (χ3v) is 23.0. The molecule has 0 aromatic carbocycles. The van der Waals surface area contributed by atoms with Gasteiger partial charge in [-0.05, 0) is 51.4 Å². The number of imide groups is 1. The van der Waals surface area contributed by atoms with E-state index in [9.17, 15) is 47.5 Å². The first-order valence-electron chi connectivity index (χ1n) is 46.4. The van der Waals surface area contributed by atoms with E-state index >= 15 is 0 Å². The Balaban J connectivity index is 6.18. The summed E-state index contributed by atoms with van der Waals surface area (Å²) in [6.07, 6.45) is 54.7. The highest BCUT2D eigenvalue weighted by molar-refractivity contribution is 7.48. The lowest BCUT2D eigenvalue weighted by atomic mass is 10.1. The van der Waals surface area contributed by atoms with Gasteiger partial charge in [-0.25, -0.2) is 13.9 Å². The van der Waals surface area contributed by atoms with Gasteiger partial charge >= 0.3 is 45.4 Å². The molecule has 0 saturated heterocycles. The van der Waals surface area contributed by atoms with Crippen LogP contribution in [0, 0.1) is 0 Å². The second kappa shape index (κ2) is 82.3. The molecule has 0 aliphatic heterocycles. The largest absolute Gasteiger partial charge is 0.475 e. The molecule has 0 rings (SSSR count). The van der Waals surface area contributed by atoms with Crippen LogP contribution in [0.4, 0.5) is 4.79 Å².